The maximum absolute atomic E-state index is 13.9. The summed E-state index contributed by atoms with van der Waals surface area (Å²) in [7, 11) is 1.91. The first-order valence-electron chi connectivity index (χ1n) is 9.18. The van der Waals surface area contributed by atoms with Crippen molar-refractivity contribution in [3.8, 4) is 0 Å². The van der Waals surface area contributed by atoms with Crippen LogP contribution in [0.2, 0.25) is 0 Å². The highest BCUT2D eigenvalue weighted by atomic mass is 19.1. The van der Waals surface area contributed by atoms with Crippen LogP contribution in [0, 0.1) is 19.7 Å². The molecule has 0 aliphatic carbocycles. The van der Waals surface area contributed by atoms with E-state index in [-0.39, 0.29) is 11.7 Å². The zero-order valence-corrected chi connectivity index (χ0v) is 15.8. The van der Waals surface area contributed by atoms with Gasteiger partial charge in [0.25, 0.3) is 0 Å². The van der Waals surface area contributed by atoms with Crippen molar-refractivity contribution in [2.45, 2.75) is 33.2 Å². The average Bonchev–Trinajstić information content (AvgIpc) is 2.80. The van der Waals surface area contributed by atoms with Gasteiger partial charge in [-0.15, -0.1) is 0 Å². The van der Waals surface area contributed by atoms with E-state index in [1.54, 1.807) is 6.07 Å². The van der Waals surface area contributed by atoms with Crippen molar-refractivity contribution in [3.05, 3.63) is 52.6 Å². The van der Waals surface area contributed by atoms with Crippen molar-refractivity contribution < 1.29 is 9.18 Å². The van der Waals surface area contributed by atoms with E-state index < -0.39 is 0 Å². The molecule has 3 rings (SSSR count). The van der Waals surface area contributed by atoms with E-state index in [2.05, 4.69) is 10.00 Å². The van der Waals surface area contributed by atoms with Crippen molar-refractivity contribution in [1.29, 1.82) is 0 Å². The molecular weight excluding hydrogens is 331 g/mol. The number of amides is 1. The van der Waals surface area contributed by atoms with Crippen molar-refractivity contribution in [1.82, 2.24) is 19.6 Å². The molecular formula is C20H27FN4O. The SMILES string of the molecule is Cc1nn(C)c(C)c1CC(=O)N1CCCN(Cc2ccccc2F)CC1. The van der Waals surface area contributed by atoms with Crippen LogP contribution in [0.5, 0.6) is 0 Å². The van der Waals surface area contributed by atoms with E-state index in [4.69, 9.17) is 0 Å². The van der Waals surface area contributed by atoms with Gasteiger partial charge in [0.05, 0.1) is 12.1 Å². The molecule has 2 aromatic rings. The molecule has 0 spiro atoms. The summed E-state index contributed by atoms with van der Waals surface area (Å²) in [6.07, 6.45) is 1.31. The highest BCUT2D eigenvalue weighted by Gasteiger charge is 2.22. The van der Waals surface area contributed by atoms with E-state index >= 15 is 0 Å². The molecule has 0 saturated carbocycles. The quantitative estimate of drug-likeness (QED) is 0.843. The molecule has 1 aromatic heterocycles. The first-order valence-corrected chi connectivity index (χ1v) is 9.18. The fraction of sp³-hybridized carbons (Fsp3) is 0.500. The Hall–Kier alpha value is -2.21. The third-order valence-electron chi connectivity index (χ3n) is 5.28. The Morgan fingerprint density at radius 3 is 2.62 bits per heavy atom. The number of halogens is 1. The Morgan fingerprint density at radius 1 is 1.15 bits per heavy atom. The summed E-state index contributed by atoms with van der Waals surface area (Å²) >= 11 is 0. The molecule has 1 aliphatic rings. The van der Waals surface area contributed by atoms with Gasteiger partial charge in [0, 0.05) is 56.6 Å². The lowest BCUT2D eigenvalue weighted by Gasteiger charge is -2.22. The van der Waals surface area contributed by atoms with Gasteiger partial charge in [-0.3, -0.25) is 14.4 Å². The first kappa shape index (κ1) is 18.6. The Kier molecular flexibility index (Phi) is 5.71. The molecule has 1 aliphatic heterocycles. The van der Waals surface area contributed by atoms with E-state index in [0.717, 1.165) is 43.0 Å². The number of rotatable bonds is 4. The van der Waals surface area contributed by atoms with Crippen LogP contribution in [0.15, 0.2) is 24.3 Å². The Bertz CT molecular complexity index is 786. The maximum atomic E-state index is 13.9. The van der Waals surface area contributed by atoms with Crippen LogP contribution in [0.1, 0.15) is 28.9 Å². The average molecular weight is 358 g/mol. The summed E-state index contributed by atoms with van der Waals surface area (Å²) in [4.78, 5) is 16.9. The van der Waals surface area contributed by atoms with Crippen molar-refractivity contribution in [3.63, 3.8) is 0 Å². The van der Waals surface area contributed by atoms with Gasteiger partial charge in [0.1, 0.15) is 5.82 Å². The summed E-state index contributed by atoms with van der Waals surface area (Å²) in [6.45, 7) is 7.63. The lowest BCUT2D eigenvalue weighted by atomic mass is 10.1. The summed E-state index contributed by atoms with van der Waals surface area (Å²) < 4.78 is 15.7. The third-order valence-corrected chi connectivity index (χ3v) is 5.28. The normalized spacial score (nSPS) is 15.9. The number of carbonyl (C=O) groups excluding carboxylic acids is 1. The standard InChI is InChI=1S/C20H27FN4O/c1-15-18(16(2)23(3)22-15)13-20(26)25-10-6-9-24(11-12-25)14-17-7-4-5-8-19(17)21/h4-5,7-8H,6,9-14H2,1-3H3. The number of carbonyl (C=O) groups is 1. The van der Waals surface area contributed by atoms with Gasteiger partial charge in [-0.1, -0.05) is 18.2 Å². The zero-order valence-electron chi connectivity index (χ0n) is 15.8. The number of aryl methyl sites for hydroxylation is 2. The molecule has 0 atom stereocenters. The maximum Gasteiger partial charge on any atom is 0.227 e. The second-order valence-electron chi connectivity index (χ2n) is 7.05. The van der Waals surface area contributed by atoms with Crippen LogP contribution in [-0.4, -0.2) is 51.7 Å². The summed E-state index contributed by atoms with van der Waals surface area (Å²) in [5.74, 6) is -0.0100. The zero-order chi connectivity index (χ0) is 18.7. The molecule has 1 fully saturated rings. The van der Waals surface area contributed by atoms with E-state index in [9.17, 15) is 9.18 Å². The molecule has 5 nitrogen and oxygen atoms in total. The van der Waals surface area contributed by atoms with Crippen molar-refractivity contribution in [2.24, 2.45) is 7.05 Å². The Labute approximate surface area is 154 Å². The highest BCUT2D eigenvalue weighted by molar-refractivity contribution is 5.79. The summed E-state index contributed by atoms with van der Waals surface area (Å²) in [5.41, 5.74) is 3.72. The lowest BCUT2D eigenvalue weighted by Crippen LogP contribution is -2.36. The lowest BCUT2D eigenvalue weighted by molar-refractivity contribution is -0.130. The van der Waals surface area contributed by atoms with Gasteiger partial charge in [-0.2, -0.15) is 5.10 Å². The van der Waals surface area contributed by atoms with Crippen LogP contribution in [0.4, 0.5) is 4.39 Å². The Balaban J connectivity index is 1.59. The van der Waals surface area contributed by atoms with Crippen LogP contribution in [-0.2, 0) is 24.8 Å². The summed E-state index contributed by atoms with van der Waals surface area (Å²) in [6, 6.07) is 6.91. The van der Waals surface area contributed by atoms with Crippen LogP contribution in [0.25, 0.3) is 0 Å². The minimum atomic E-state index is -0.160. The van der Waals surface area contributed by atoms with E-state index in [0.29, 0.717) is 25.1 Å². The molecule has 0 radical (unpaired) electrons. The molecule has 140 valence electrons. The smallest absolute Gasteiger partial charge is 0.227 e. The molecule has 0 unspecified atom stereocenters. The van der Waals surface area contributed by atoms with Gasteiger partial charge in [0.15, 0.2) is 0 Å². The third kappa shape index (κ3) is 4.12. The molecule has 1 aromatic carbocycles. The fourth-order valence-electron chi connectivity index (χ4n) is 3.58. The molecule has 0 bridgehead atoms. The van der Waals surface area contributed by atoms with Gasteiger partial charge in [-0.05, 0) is 26.3 Å². The van der Waals surface area contributed by atoms with E-state index in [1.807, 2.05) is 42.6 Å². The molecule has 6 heteroatoms. The van der Waals surface area contributed by atoms with Gasteiger partial charge in [0.2, 0.25) is 5.91 Å². The predicted molar refractivity (Wildman–Crippen MR) is 99.3 cm³/mol. The van der Waals surface area contributed by atoms with Crippen molar-refractivity contribution >= 4 is 5.91 Å². The second-order valence-corrected chi connectivity index (χ2v) is 7.05. The van der Waals surface area contributed by atoms with Crippen LogP contribution >= 0.6 is 0 Å². The number of hydrogen-bond donors (Lipinski definition) is 0. The number of benzene rings is 1. The van der Waals surface area contributed by atoms with Gasteiger partial charge in [-0.25, -0.2) is 4.39 Å². The molecule has 0 N–H and O–H groups in total. The monoisotopic (exact) mass is 358 g/mol. The topological polar surface area (TPSA) is 41.4 Å². The number of hydrogen-bond acceptors (Lipinski definition) is 3. The predicted octanol–water partition coefficient (Wildman–Crippen LogP) is 2.45. The minimum Gasteiger partial charge on any atom is -0.341 e. The molecule has 2 heterocycles. The van der Waals surface area contributed by atoms with Gasteiger partial charge < -0.3 is 4.90 Å². The Morgan fingerprint density at radius 2 is 1.92 bits per heavy atom. The van der Waals surface area contributed by atoms with Crippen LogP contribution < -0.4 is 0 Å². The second kappa shape index (κ2) is 7.99. The number of nitrogens with zero attached hydrogens (tertiary/aromatic N) is 4. The first-order chi connectivity index (χ1) is 12.5. The molecule has 26 heavy (non-hydrogen) atoms. The number of aromatic nitrogens is 2. The molecule has 1 amide bonds. The van der Waals surface area contributed by atoms with Crippen LogP contribution in [0.3, 0.4) is 0 Å². The summed E-state index contributed by atoms with van der Waals surface area (Å²) in [5, 5.41) is 4.40. The molecule has 1 saturated heterocycles. The fourth-order valence-corrected chi connectivity index (χ4v) is 3.58. The van der Waals surface area contributed by atoms with E-state index in [1.165, 1.54) is 6.07 Å². The van der Waals surface area contributed by atoms with Gasteiger partial charge >= 0.3 is 0 Å². The minimum absolute atomic E-state index is 0.150. The van der Waals surface area contributed by atoms with Crippen molar-refractivity contribution in [2.75, 3.05) is 26.2 Å². The largest absolute Gasteiger partial charge is 0.341 e. The highest BCUT2D eigenvalue weighted by Crippen LogP contribution is 2.16.